The van der Waals surface area contributed by atoms with Crippen molar-refractivity contribution in [1.82, 2.24) is 0 Å². The maximum Gasteiger partial charge on any atom is 0.337 e. The molecule has 1 aliphatic carbocycles. The van der Waals surface area contributed by atoms with E-state index < -0.39 is 5.97 Å². The van der Waals surface area contributed by atoms with E-state index in [1.807, 2.05) is 12.1 Å². The van der Waals surface area contributed by atoms with E-state index in [0.29, 0.717) is 11.4 Å². The molecule has 4 heteroatoms. The molecular weight excluding hydrogens is 264 g/mol. The fourth-order valence-corrected chi connectivity index (χ4v) is 2.99. The predicted octanol–water partition coefficient (Wildman–Crippen LogP) is 3.46. The summed E-state index contributed by atoms with van der Waals surface area (Å²) in [6, 6.07) is 13.4. The second kappa shape index (κ2) is 5.48. The molecule has 0 bridgehead atoms. The van der Waals surface area contributed by atoms with Gasteiger partial charge in [0.15, 0.2) is 0 Å². The number of fused-ring (bicyclic) bond motifs is 1. The van der Waals surface area contributed by atoms with Crippen molar-refractivity contribution in [2.24, 2.45) is 0 Å². The normalized spacial score (nSPS) is 17.0. The molecule has 1 aliphatic rings. The molecule has 0 heterocycles. The number of carbonyl (C=O) groups is 1. The van der Waals surface area contributed by atoms with E-state index in [0.717, 1.165) is 19.3 Å². The summed E-state index contributed by atoms with van der Waals surface area (Å²) in [4.78, 5) is 11.4. The lowest BCUT2D eigenvalue weighted by Gasteiger charge is -2.28. The van der Waals surface area contributed by atoms with E-state index in [2.05, 4.69) is 17.4 Å². The second-order valence-corrected chi connectivity index (χ2v) is 5.36. The molecular formula is C17H18N2O2. The molecule has 4 N–H and O–H groups in total. The Bertz CT molecular complexity index is 682. The van der Waals surface area contributed by atoms with Crippen molar-refractivity contribution in [1.29, 1.82) is 0 Å². The number of rotatable bonds is 3. The molecule has 0 spiro atoms. The van der Waals surface area contributed by atoms with E-state index in [4.69, 9.17) is 5.73 Å². The van der Waals surface area contributed by atoms with Crippen LogP contribution in [0.5, 0.6) is 0 Å². The number of carboxylic acids is 1. The van der Waals surface area contributed by atoms with Gasteiger partial charge in [-0.25, -0.2) is 4.79 Å². The molecule has 0 aromatic heterocycles. The minimum absolute atomic E-state index is 0.109. The molecule has 0 saturated carbocycles. The zero-order valence-corrected chi connectivity index (χ0v) is 11.7. The van der Waals surface area contributed by atoms with Gasteiger partial charge in [-0.2, -0.15) is 0 Å². The van der Waals surface area contributed by atoms with Gasteiger partial charge in [-0.1, -0.05) is 30.3 Å². The third kappa shape index (κ3) is 2.57. The lowest BCUT2D eigenvalue weighted by Crippen LogP contribution is -2.19. The number of carboxylic acid groups (broad SMARTS) is 1. The third-order valence-corrected chi connectivity index (χ3v) is 4.02. The average molecular weight is 282 g/mol. The molecule has 2 aromatic carbocycles. The van der Waals surface area contributed by atoms with Crippen molar-refractivity contribution in [2.75, 3.05) is 11.1 Å². The molecule has 0 fully saturated rings. The molecule has 0 aliphatic heterocycles. The Kier molecular flexibility index (Phi) is 3.52. The van der Waals surface area contributed by atoms with Gasteiger partial charge in [0.2, 0.25) is 0 Å². The maximum absolute atomic E-state index is 11.4. The Hall–Kier alpha value is -2.49. The van der Waals surface area contributed by atoms with Crippen LogP contribution in [0.1, 0.15) is 40.4 Å². The first kappa shape index (κ1) is 13.5. The molecule has 0 radical (unpaired) electrons. The average Bonchev–Trinajstić information content (AvgIpc) is 2.49. The van der Waals surface area contributed by atoms with Gasteiger partial charge in [-0.3, -0.25) is 0 Å². The molecule has 1 unspecified atom stereocenters. The van der Waals surface area contributed by atoms with Gasteiger partial charge in [0.25, 0.3) is 0 Å². The standard InChI is InChI=1S/C17H18N2O2/c18-14-9-4-8-13(17(20)21)16(14)19-15-10-3-6-11-5-1-2-7-12(11)15/h1-2,4-5,7-9,15,19H,3,6,10,18H2,(H,20,21). The second-order valence-electron chi connectivity index (χ2n) is 5.36. The number of hydrogen-bond donors (Lipinski definition) is 3. The molecule has 3 rings (SSSR count). The number of aryl methyl sites for hydroxylation is 1. The quantitative estimate of drug-likeness (QED) is 0.754. The molecule has 0 saturated heterocycles. The van der Waals surface area contributed by atoms with Crippen LogP contribution in [0.25, 0.3) is 0 Å². The number of nitrogens with two attached hydrogens (primary N) is 1. The summed E-state index contributed by atoms with van der Waals surface area (Å²) >= 11 is 0. The highest BCUT2D eigenvalue weighted by Gasteiger charge is 2.22. The van der Waals surface area contributed by atoms with Crippen molar-refractivity contribution < 1.29 is 9.90 Å². The fourth-order valence-electron chi connectivity index (χ4n) is 2.99. The number of nitrogens with one attached hydrogen (secondary N) is 1. The minimum Gasteiger partial charge on any atom is -0.478 e. The molecule has 4 nitrogen and oxygen atoms in total. The zero-order chi connectivity index (χ0) is 14.8. The Morgan fingerprint density at radius 1 is 1.19 bits per heavy atom. The summed E-state index contributed by atoms with van der Waals surface area (Å²) in [5.41, 5.74) is 9.75. The highest BCUT2D eigenvalue weighted by Crippen LogP contribution is 2.35. The van der Waals surface area contributed by atoms with Gasteiger partial charge >= 0.3 is 5.97 Å². The van der Waals surface area contributed by atoms with Crippen molar-refractivity contribution in [3.05, 3.63) is 59.2 Å². The Balaban J connectivity index is 1.97. The van der Waals surface area contributed by atoms with Gasteiger partial charge in [-0.05, 0) is 42.5 Å². The molecule has 21 heavy (non-hydrogen) atoms. The highest BCUT2D eigenvalue weighted by atomic mass is 16.4. The third-order valence-electron chi connectivity index (χ3n) is 4.02. The number of nitrogen functional groups attached to an aromatic ring is 1. The van der Waals surface area contributed by atoms with Gasteiger partial charge in [0.1, 0.15) is 0 Å². The van der Waals surface area contributed by atoms with Crippen LogP contribution < -0.4 is 11.1 Å². The number of benzene rings is 2. The van der Waals surface area contributed by atoms with Gasteiger partial charge in [0.05, 0.1) is 23.0 Å². The SMILES string of the molecule is Nc1cccc(C(=O)O)c1NC1CCCc2ccccc21. The summed E-state index contributed by atoms with van der Waals surface area (Å²) < 4.78 is 0. The smallest absolute Gasteiger partial charge is 0.337 e. The fraction of sp³-hybridized carbons (Fsp3) is 0.235. The number of hydrogen-bond acceptors (Lipinski definition) is 3. The maximum atomic E-state index is 11.4. The van der Waals surface area contributed by atoms with Crippen LogP contribution >= 0.6 is 0 Å². The van der Waals surface area contributed by atoms with Crippen molar-refractivity contribution in [3.8, 4) is 0 Å². The Morgan fingerprint density at radius 3 is 2.81 bits per heavy atom. The molecule has 108 valence electrons. The van der Waals surface area contributed by atoms with Crippen LogP contribution in [0.2, 0.25) is 0 Å². The topological polar surface area (TPSA) is 75.4 Å². The van der Waals surface area contributed by atoms with E-state index in [1.165, 1.54) is 11.1 Å². The molecule has 0 amide bonds. The molecule has 1 atom stereocenters. The largest absolute Gasteiger partial charge is 0.478 e. The zero-order valence-electron chi connectivity index (χ0n) is 11.7. The number of para-hydroxylation sites is 1. The minimum atomic E-state index is -0.964. The highest BCUT2D eigenvalue weighted by molar-refractivity contribution is 5.97. The van der Waals surface area contributed by atoms with Crippen LogP contribution in [0.4, 0.5) is 11.4 Å². The van der Waals surface area contributed by atoms with Crippen LogP contribution in [-0.2, 0) is 6.42 Å². The van der Waals surface area contributed by atoms with Crippen LogP contribution in [0, 0.1) is 0 Å². The predicted molar refractivity (Wildman–Crippen MR) is 83.6 cm³/mol. The van der Waals surface area contributed by atoms with Crippen LogP contribution in [0.3, 0.4) is 0 Å². The number of aromatic carboxylic acids is 1. The monoisotopic (exact) mass is 282 g/mol. The van der Waals surface area contributed by atoms with E-state index in [-0.39, 0.29) is 11.6 Å². The van der Waals surface area contributed by atoms with Crippen LogP contribution in [0.15, 0.2) is 42.5 Å². The Morgan fingerprint density at radius 2 is 2.00 bits per heavy atom. The van der Waals surface area contributed by atoms with Gasteiger partial charge in [-0.15, -0.1) is 0 Å². The van der Waals surface area contributed by atoms with Gasteiger partial charge in [0, 0.05) is 0 Å². The van der Waals surface area contributed by atoms with Crippen molar-refractivity contribution in [3.63, 3.8) is 0 Å². The summed E-state index contributed by atoms with van der Waals surface area (Å²) in [5.74, 6) is -0.964. The number of anilines is 2. The lowest BCUT2D eigenvalue weighted by molar-refractivity contribution is 0.0698. The first-order valence-corrected chi connectivity index (χ1v) is 7.13. The van der Waals surface area contributed by atoms with E-state index >= 15 is 0 Å². The van der Waals surface area contributed by atoms with Crippen molar-refractivity contribution >= 4 is 17.3 Å². The lowest BCUT2D eigenvalue weighted by atomic mass is 9.87. The summed E-state index contributed by atoms with van der Waals surface area (Å²) in [5, 5.41) is 12.7. The van der Waals surface area contributed by atoms with Gasteiger partial charge < -0.3 is 16.2 Å². The van der Waals surface area contributed by atoms with Crippen molar-refractivity contribution in [2.45, 2.75) is 25.3 Å². The Labute approximate surface area is 123 Å². The first-order valence-electron chi connectivity index (χ1n) is 7.13. The molecule has 2 aromatic rings. The first-order chi connectivity index (χ1) is 10.2. The van der Waals surface area contributed by atoms with E-state index in [9.17, 15) is 9.90 Å². The summed E-state index contributed by atoms with van der Waals surface area (Å²) in [6.45, 7) is 0. The summed E-state index contributed by atoms with van der Waals surface area (Å²) in [6.07, 6.45) is 3.14. The van der Waals surface area contributed by atoms with E-state index in [1.54, 1.807) is 18.2 Å². The van der Waals surface area contributed by atoms with Crippen LogP contribution in [-0.4, -0.2) is 11.1 Å². The summed E-state index contributed by atoms with van der Waals surface area (Å²) in [7, 11) is 0.